The first-order valence-corrected chi connectivity index (χ1v) is 6.02. The van der Waals surface area contributed by atoms with E-state index >= 15 is 0 Å². The van der Waals surface area contributed by atoms with Crippen molar-refractivity contribution in [1.82, 2.24) is 9.55 Å². The molecule has 90 valence electrons. The second-order valence-electron chi connectivity index (χ2n) is 4.34. The summed E-state index contributed by atoms with van der Waals surface area (Å²) >= 11 is 0. The number of hydrogen-bond acceptors (Lipinski definition) is 2. The lowest BCUT2D eigenvalue weighted by molar-refractivity contribution is 0.608. The van der Waals surface area contributed by atoms with Gasteiger partial charge < -0.3 is 10.3 Å². The Hall–Kier alpha value is -1.61. The lowest BCUT2D eigenvalue weighted by Gasteiger charge is -2.14. The predicted octanol–water partition coefficient (Wildman–Crippen LogP) is 2.10. The molecule has 2 rings (SSSR count). The molecule has 2 N–H and O–H groups in total. The Morgan fingerprint density at radius 2 is 2.06 bits per heavy atom. The van der Waals surface area contributed by atoms with E-state index in [0.717, 1.165) is 18.7 Å². The first kappa shape index (κ1) is 11.9. The van der Waals surface area contributed by atoms with E-state index in [1.54, 1.807) is 0 Å². The Balaban J connectivity index is 1.99. The molecule has 0 fully saturated rings. The van der Waals surface area contributed by atoms with Gasteiger partial charge in [0.25, 0.3) is 0 Å². The van der Waals surface area contributed by atoms with Crippen molar-refractivity contribution in [2.45, 2.75) is 18.8 Å². The van der Waals surface area contributed by atoms with Crippen LogP contribution in [0, 0.1) is 0 Å². The number of imidazole rings is 1. The summed E-state index contributed by atoms with van der Waals surface area (Å²) in [7, 11) is 2.03. The maximum atomic E-state index is 5.86. The summed E-state index contributed by atoms with van der Waals surface area (Å²) in [6.45, 7) is 0.689. The van der Waals surface area contributed by atoms with E-state index in [1.807, 2.05) is 25.5 Å². The molecule has 0 amide bonds. The highest BCUT2D eigenvalue weighted by atomic mass is 15.0. The fourth-order valence-corrected chi connectivity index (χ4v) is 2.09. The molecule has 0 radical (unpaired) electrons. The van der Waals surface area contributed by atoms with E-state index in [0.29, 0.717) is 12.5 Å². The highest BCUT2D eigenvalue weighted by molar-refractivity contribution is 5.20. The number of nitrogens with two attached hydrogens (primary N) is 1. The second-order valence-corrected chi connectivity index (χ2v) is 4.34. The van der Waals surface area contributed by atoms with Crippen LogP contribution in [0.25, 0.3) is 0 Å². The fourth-order valence-electron chi connectivity index (χ4n) is 2.09. The summed E-state index contributed by atoms with van der Waals surface area (Å²) in [6.07, 6.45) is 5.84. The van der Waals surface area contributed by atoms with Crippen molar-refractivity contribution in [2.75, 3.05) is 6.54 Å². The summed E-state index contributed by atoms with van der Waals surface area (Å²) in [4.78, 5) is 4.34. The van der Waals surface area contributed by atoms with E-state index in [-0.39, 0.29) is 0 Å². The first-order chi connectivity index (χ1) is 8.31. The van der Waals surface area contributed by atoms with E-state index in [4.69, 9.17) is 5.73 Å². The molecule has 1 aromatic heterocycles. The number of hydrogen-bond donors (Lipinski definition) is 1. The van der Waals surface area contributed by atoms with Gasteiger partial charge in [0.05, 0.1) is 0 Å². The molecule has 0 saturated carbocycles. The molecule has 1 aromatic carbocycles. The molecule has 0 bridgehead atoms. The minimum absolute atomic E-state index is 0.424. The van der Waals surface area contributed by atoms with Crippen LogP contribution in [0.15, 0.2) is 42.7 Å². The summed E-state index contributed by atoms with van der Waals surface area (Å²) < 4.78 is 2.07. The van der Waals surface area contributed by atoms with Crippen LogP contribution in [-0.2, 0) is 13.5 Å². The van der Waals surface area contributed by atoms with Crippen LogP contribution in [0.1, 0.15) is 23.7 Å². The van der Waals surface area contributed by atoms with Gasteiger partial charge in [0.15, 0.2) is 0 Å². The fraction of sp³-hybridized carbons (Fsp3) is 0.357. The average molecular weight is 229 g/mol. The molecule has 0 aliphatic carbocycles. The molecule has 3 heteroatoms. The van der Waals surface area contributed by atoms with Gasteiger partial charge in [-0.1, -0.05) is 30.3 Å². The standard InChI is InChI=1S/C14H19N3/c1-17-10-9-16-14(17)8-7-13(11-15)12-5-3-2-4-6-12/h2-6,9-10,13H,7-8,11,15H2,1H3. The minimum Gasteiger partial charge on any atom is -0.338 e. The van der Waals surface area contributed by atoms with Crippen LogP contribution in [0.3, 0.4) is 0 Å². The van der Waals surface area contributed by atoms with Crippen LogP contribution in [-0.4, -0.2) is 16.1 Å². The third kappa shape index (κ3) is 2.94. The zero-order valence-corrected chi connectivity index (χ0v) is 10.2. The molecule has 0 saturated heterocycles. The third-order valence-electron chi connectivity index (χ3n) is 3.19. The maximum Gasteiger partial charge on any atom is 0.108 e. The van der Waals surface area contributed by atoms with Gasteiger partial charge in [0.2, 0.25) is 0 Å². The highest BCUT2D eigenvalue weighted by Crippen LogP contribution is 2.19. The third-order valence-corrected chi connectivity index (χ3v) is 3.19. The molecule has 1 unspecified atom stereocenters. The summed E-state index contributed by atoms with van der Waals surface area (Å²) in [5.41, 5.74) is 7.18. The minimum atomic E-state index is 0.424. The Kier molecular flexibility index (Phi) is 3.94. The number of aryl methyl sites for hydroxylation is 2. The lowest BCUT2D eigenvalue weighted by Crippen LogP contribution is -2.14. The quantitative estimate of drug-likeness (QED) is 0.853. The molecule has 1 atom stereocenters. The van der Waals surface area contributed by atoms with Crippen molar-refractivity contribution in [1.29, 1.82) is 0 Å². The Labute approximate surface area is 102 Å². The van der Waals surface area contributed by atoms with Crippen LogP contribution in [0.4, 0.5) is 0 Å². The second kappa shape index (κ2) is 5.64. The number of nitrogens with zero attached hydrogens (tertiary/aromatic N) is 2. The topological polar surface area (TPSA) is 43.8 Å². The van der Waals surface area contributed by atoms with Crippen molar-refractivity contribution in [3.8, 4) is 0 Å². The normalized spacial score (nSPS) is 12.6. The molecule has 0 aliphatic heterocycles. The van der Waals surface area contributed by atoms with Gasteiger partial charge in [-0.3, -0.25) is 0 Å². The van der Waals surface area contributed by atoms with Crippen molar-refractivity contribution >= 4 is 0 Å². The van der Waals surface area contributed by atoms with E-state index < -0.39 is 0 Å². The van der Waals surface area contributed by atoms with Gasteiger partial charge in [-0.25, -0.2) is 4.98 Å². The zero-order valence-electron chi connectivity index (χ0n) is 10.2. The van der Waals surface area contributed by atoms with Crippen LogP contribution < -0.4 is 5.73 Å². The summed E-state index contributed by atoms with van der Waals surface area (Å²) in [6, 6.07) is 10.5. The molecule has 1 heterocycles. The first-order valence-electron chi connectivity index (χ1n) is 6.02. The molecular weight excluding hydrogens is 210 g/mol. The van der Waals surface area contributed by atoms with Crippen LogP contribution in [0.2, 0.25) is 0 Å². The van der Waals surface area contributed by atoms with E-state index in [1.165, 1.54) is 5.56 Å². The van der Waals surface area contributed by atoms with Crippen molar-refractivity contribution < 1.29 is 0 Å². The molecular formula is C14H19N3. The van der Waals surface area contributed by atoms with Gasteiger partial charge in [0, 0.05) is 25.9 Å². The lowest BCUT2D eigenvalue weighted by atomic mass is 9.94. The molecule has 3 nitrogen and oxygen atoms in total. The van der Waals surface area contributed by atoms with E-state index in [2.05, 4.69) is 33.8 Å². The monoisotopic (exact) mass is 229 g/mol. The Morgan fingerprint density at radius 3 is 2.65 bits per heavy atom. The van der Waals surface area contributed by atoms with Crippen LogP contribution >= 0.6 is 0 Å². The molecule has 2 aromatic rings. The molecule has 17 heavy (non-hydrogen) atoms. The van der Waals surface area contributed by atoms with Gasteiger partial charge in [-0.15, -0.1) is 0 Å². The number of aromatic nitrogens is 2. The van der Waals surface area contributed by atoms with Crippen LogP contribution in [0.5, 0.6) is 0 Å². The van der Waals surface area contributed by atoms with Crippen molar-refractivity contribution in [3.63, 3.8) is 0 Å². The van der Waals surface area contributed by atoms with Gasteiger partial charge in [-0.05, 0) is 24.4 Å². The summed E-state index contributed by atoms with van der Waals surface area (Å²) in [5, 5.41) is 0. The Morgan fingerprint density at radius 1 is 1.29 bits per heavy atom. The average Bonchev–Trinajstić information content (AvgIpc) is 2.77. The van der Waals surface area contributed by atoms with E-state index in [9.17, 15) is 0 Å². The van der Waals surface area contributed by atoms with Gasteiger partial charge in [0.1, 0.15) is 5.82 Å². The molecule has 0 aliphatic rings. The van der Waals surface area contributed by atoms with Gasteiger partial charge in [-0.2, -0.15) is 0 Å². The summed E-state index contributed by atoms with van der Waals surface area (Å²) in [5.74, 6) is 1.55. The number of benzene rings is 1. The zero-order chi connectivity index (χ0) is 12.1. The predicted molar refractivity (Wildman–Crippen MR) is 69.8 cm³/mol. The SMILES string of the molecule is Cn1ccnc1CCC(CN)c1ccccc1. The highest BCUT2D eigenvalue weighted by Gasteiger charge is 2.10. The molecule has 0 spiro atoms. The van der Waals surface area contributed by atoms with Crippen molar-refractivity contribution in [3.05, 3.63) is 54.1 Å². The maximum absolute atomic E-state index is 5.86. The van der Waals surface area contributed by atoms with Gasteiger partial charge >= 0.3 is 0 Å². The largest absolute Gasteiger partial charge is 0.338 e. The Bertz CT molecular complexity index is 448. The van der Waals surface area contributed by atoms with Crippen molar-refractivity contribution in [2.24, 2.45) is 12.8 Å². The smallest absolute Gasteiger partial charge is 0.108 e. The number of rotatable bonds is 5.